The number of thioether (sulfide) groups is 1. The van der Waals surface area contributed by atoms with Crippen molar-refractivity contribution in [3.8, 4) is 11.5 Å². The van der Waals surface area contributed by atoms with E-state index in [9.17, 15) is 9.59 Å². The van der Waals surface area contributed by atoms with Crippen molar-refractivity contribution in [3.05, 3.63) is 65.9 Å². The minimum Gasteiger partial charge on any atom is -0.493 e. The van der Waals surface area contributed by atoms with Gasteiger partial charge in [0.25, 0.3) is 5.91 Å². The highest BCUT2D eigenvalue weighted by atomic mass is 32.2. The number of methoxy groups -OCH3 is 1. The van der Waals surface area contributed by atoms with Crippen LogP contribution in [0.4, 0.5) is 5.13 Å². The van der Waals surface area contributed by atoms with E-state index >= 15 is 0 Å². The predicted molar refractivity (Wildman–Crippen MR) is 137 cm³/mol. The molecule has 10 heteroatoms. The molecule has 2 aromatic carbocycles. The quantitative estimate of drug-likeness (QED) is 0.288. The molecule has 186 valence electrons. The van der Waals surface area contributed by atoms with Crippen molar-refractivity contribution >= 4 is 40.1 Å². The molecule has 1 aromatic heterocycles. The maximum absolute atomic E-state index is 13.0. The van der Waals surface area contributed by atoms with Crippen LogP contribution in [0.15, 0.2) is 58.9 Å². The van der Waals surface area contributed by atoms with Crippen LogP contribution in [0.3, 0.4) is 0 Å². The maximum Gasteiger partial charge on any atom is 0.304 e. The summed E-state index contributed by atoms with van der Waals surface area (Å²) in [6.45, 7) is 2.74. The zero-order valence-electron chi connectivity index (χ0n) is 19.6. The SMILES string of the molecule is COC[C@H](C)Oc1cc(OCCc2ccccc2)cc(C(=O)Nc2ncc(SCCC(=O)O)s2)c1. The van der Waals surface area contributed by atoms with Crippen molar-refractivity contribution in [2.75, 3.05) is 31.4 Å². The second kappa shape index (κ2) is 13.7. The molecule has 0 fully saturated rings. The number of aliphatic carboxylic acids is 1. The molecule has 2 N–H and O–H groups in total. The number of nitrogens with one attached hydrogen (secondary N) is 1. The van der Waals surface area contributed by atoms with Crippen molar-refractivity contribution in [1.29, 1.82) is 0 Å². The largest absolute Gasteiger partial charge is 0.493 e. The van der Waals surface area contributed by atoms with Crippen LogP contribution in [0.2, 0.25) is 0 Å². The summed E-state index contributed by atoms with van der Waals surface area (Å²) in [6.07, 6.45) is 2.21. The summed E-state index contributed by atoms with van der Waals surface area (Å²) in [5, 5.41) is 12.0. The second-order valence-corrected chi connectivity index (χ2v) is 10.0. The van der Waals surface area contributed by atoms with Crippen LogP contribution in [0, 0.1) is 0 Å². The van der Waals surface area contributed by atoms with E-state index in [0.717, 1.165) is 16.2 Å². The fourth-order valence-corrected chi connectivity index (χ4v) is 4.95. The van der Waals surface area contributed by atoms with Gasteiger partial charge in [0, 0.05) is 30.9 Å². The molecule has 0 bridgehead atoms. The van der Waals surface area contributed by atoms with Crippen molar-refractivity contribution in [1.82, 2.24) is 4.98 Å². The molecule has 1 atom stereocenters. The Labute approximate surface area is 212 Å². The molecule has 0 saturated heterocycles. The van der Waals surface area contributed by atoms with Gasteiger partial charge in [-0.15, -0.1) is 11.8 Å². The number of carbonyl (C=O) groups is 2. The number of anilines is 1. The molecule has 0 aliphatic heterocycles. The highest BCUT2D eigenvalue weighted by molar-refractivity contribution is 8.01. The first-order chi connectivity index (χ1) is 16.9. The number of rotatable bonds is 14. The lowest BCUT2D eigenvalue weighted by atomic mass is 10.1. The van der Waals surface area contributed by atoms with Gasteiger partial charge in [-0.3, -0.25) is 14.9 Å². The molecule has 0 spiro atoms. The van der Waals surface area contributed by atoms with Gasteiger partial charge in [-0.25, -0.2) is 4.98 Å². The first-order valence-corrected chi connectivity index (χ1v) is 12.8. The van der Waals surface area contributed by atoms with Crippen LogP contribution >= 0.6 is 23.1 Å². The molecule has 0 unspecified atom stereocenters. The van der Waals surface area contributed by atoms with Crippen LogP contribution in [0.1, 0.15) is 29.3 Å². The van der Waals surface area contributed by atoms with E-state index in [-0.39, 0.29) is 18.4 Å². The Balaban J connectivity index is 1.68. The van der Waals surface area contributed by atoms with Crippen LogP contribution in [-0.4, -0.2) is 54.1 Å². The first-order valence-electron chi connectivity index (χ1n) is 11.0. The van der Waals surface area contributed by atoms with Gasteiger partial charge in [0.1, 0.15) is 17.6 Å². The monoisotopic (exact) mass is 516 g/mol. The summed E-state index contributed by atoms with van der Waals surface area (Å²) in [5.74, 6) is 0.268. The van der Waals surface area contributed by atoms with Gasteiger partial charge in [-0.1, -0.05) is 41.7 Å². The van der Waals surface area contributed by atoms with Crippen LogP contribution in [0.5, 0.6) is 11.5 Å². The zero-order valence-corrected chi connectivity index (χ0v) is 21.2. The fraction of sp³-hybridized carbons (Fsp3) is 0.320. The normalized spacial score (nSPS) is 11.6. The summed E-state index contributed by atoms with van der Waals surface area (Å²) in [7, 11) is 1.60. The molecular formula is C25H28N2O6S2. The van der Waals surface area contributed by atoms with Gasteiger partial charge in [-0.2, -0.15) is 0 Å². The van der Waals surface area contributed by atoms with Crippen LogP contribution in [-0.2, 0) is 16.0 Å². The molecule has 0 radical (unpaired) electrons. The van der Waals surface area contributed by atoms with E-state index in [4.69, 9.17) is 19.3 Å². The van der Waals surface area contributed by atoms with Gasteiger partial charge in [0.05, 0.1) is 30.0 Å². The number of hydrogen-bond donors (Lipinski definition) is 2. The van der Waals surface area contributed by atoms with Crippen LogP contribution in [0.25, 0.3) is 0 Å². The molecule has 1 heterocycles. The Bertz CT molecular complexity index is 1110. The molecule has 0 saturated carbocycles. The molecule has 8 nitrogen and oxygen atoms in total. The van der Waals surface area contributed by atoms with Gasteiger partial charge in [-0.05, 0) is 24.6 Å². The lowest BCUT2D eigenvalue weighted by Crippen LogP contribution is -2.19. The van der Waals surface area contributed by atoms with Gasteiger partial charge < -0.3 is 19.3 Å². The van der Waals surface area contributed by atoms with Crippen LogP contribution < -0.4 is 14.8 Å². The van der Waals surface area contributed by atoms with E-state index in [1.807, 2.05) is 37.3 Å². The lowest BCUT2D eigenvalue weighted by molar-refractivity contribution is -0.136. The minimum atomic E-state index is -0.848. The molecule has 3 rings (SSSR count). The number of thiazole rings is 1. The first kappa shape index (κ1) is 26.5. The van der Waals surface area contributed by atoms with E-state index in [1.54, 1.807) is 31.5 Å². The lowest BCUT2D eigenvalue weighted by Gasteiger charge is -2.16. The standard InChI is InChI=1S/C25H28N2O6S2/c1-17(16-31-2)33-21-13-19(12-20(14-21)32-10-8-18-6-4-3-5-7-18)24(30)27-25-26-15-23(35-25)34-11-9-22(28)29/h3-7,12-15,17H,8-11,16H2,1-2H3,(H,28,29)(H,26,27,30)/t17-/m0/s1. The van der Waals surface area contributed by atoms with Crippen molar-refractivity contribution in [2.24, 2.45) is 0 Å². The van der Waals surface area contributed by atoms with Crippen molar-refractivity contribution in [2.45, 2.75) is 30.1 Å². The van der Waals surface area contributed by atoms with E-state index in [1.165, 1.54) is 23.1 Å². The number of amides is 1. The molecule has 35 heavy (non-hydrogen) atoms. The Morgan fingerprint density at radius 1 is 1.17 bits per heavy atom. The Morgan fingerprint density at radius 2 is 1.94 bits per heavy atom. The number of carboxylic acid groups (broad SMARTS) is 1. The van der Waals surface area contributed by atoms with Crippen molar-refractivity contribution in [3.63, 3.8) is 0 Å². The summed E-state index contributed by atoms with van der Waals surface area (Å²) >= 11 is 2.68. The average molecular weight is 517 g/mol. The van der Waals surface area contributed by atoms with Gasteiger partial charge in [0.15, 0.2) is 5.13 Å². The average Bonchev–Trinajstić information content (AvgIpc) is 3.26. The highest BCUT2D eigenvalue weighted by Gasteiger charge is 2.15. The second-order valence-electron chi connectivity index (χ2n) is 7.59. The Hall–Kier alpha value is -3.08. The third-order valence-corrected chi connectivity index (χ3v) is 6.76. The topological polar surface area (TPSA) is 107 Å². The predicted octanol–water partition coefficient (Wildman–Crippen LogP) is 5.00. The number of hydrogen-bond acceptors (Lipinski definition) is 8. The number of ether oxygens (including phenoxy) is 3. The van der Waals surface area contributed by atoms with Gasteiger partial charge >= 0.3 is 5.97 Å². The minimum absolute atomic E-state index is 0.0611. The number of carbonyl (C=O) groups excluding carboxylic acids is 1. The summed E-state index contributed by atoms with van der Waals surface area (Å²) in [6, 6.07) is 15.1. The molecular weight excluding hydrogens is 488 g/mol. The summed E-state index contributed by atoms with van der Waals surface area (Å²) < 4.78 is 17.8. The van der Waals surface area contributed by atoms with E-state index in [2.05, 4.69) is 10.3 Å². The third kappa shape index (κ3) is 9.23. The summed E-state index contributed by atoms with van der Waals surface area (Å²) in [5.41, 5.74) is 1.53. The number of benzene rings is 2. The maximum atomic E-state index is 13.0. The molecule has 3 aromatic rings. The summed E-state index contributed by atoms with van der Waals surface area (Å²) in [4.78, 5) is 27.9. The Kier molecular flexibility index (Phi) is 10.4. The van der Waals surface area contributed by atoms with E-state index in [0.29, 0.717) is 41.2 Å². The number of carboxylic acids is 1. The fourth-order valence-electron chi connectivity index (χ4n) is 3.08. The zero-order chi connectivity index (χ0) is 25.0. The van der Waals surface area contributed by atoms with Crippen molar-refractivity contribution < 1.29 is 28.9 Å². The van der Waals surface area contributed by atoms with E-state index < -0.39 is 5.97 Å². The molecule has 0 aliphatic carbocycles. The third-order valence-electron chi connectivity index (χ3n) is 4.65. The Morgan fingerprint density at radius 3 is 2.69 bits per heavy atom. The molecule has 0 aliphatic rings. The smallest absolute Gasteiger partial charge is 0.304 e. The molecule has 1 amide bonds. The number of aromatic nitrogens is 1. The van der Waals surface area contributed by atoms with Gasteiger partial charge in [0.2, 0.25) is 0 Å². The number of nitrogens with zero attached hydrogens (tertiary/aromatic N) is 1. The highest BCUT2D eigenvalue weighted by Crippen LogP contribution is 2.30.